The number of hydrogen-bond donors (Lipinski definition) is 1. The molecule has 2 atom stereocenters. The number of carboxylic acids is 1. The van der Waals surface area contributed by atoms with Crippen molar-refractivity contribution < 1.29 is 9.90 Å². The Morgan fingerprint density at radius 1 is 1.73 bits per heavy atom. The van der Waals surface area contributed by atoms with Gasteiger partial charge in [0.05, 0.1) is 12.1 Å². The topological polar surface area (TPSA) is 55.1 Å². The molecule has 1 N–H and O–H groups in total. The van der Waals surface area contributed by atoms with E-state index in [0.717, 1.165) is 24.8 Å². The molecule has 4 nitrogen and oxygen atoms in total. The van der Waals surface area contributed by atoms with Crippen LogP contribution < -0.4 is 0 Å². The van der Waals surface area contributed by atoms with E-state index >= 15 is 0 Å². The second-order valence-corrected chi connectivity index (χ2v) is 4.30. The SMILES string of the molecule is CC(C(=O)O)C1CCCc2c1cnn2C. The maximum atomic E-state index is 11.0. The van der Waals surface area contributed by atoms with Crippen molar-refractivity contribution in [3.8, 4) is 0 Å². The van der Waals surface area contributed by atoms with E-state index in [1.807, 2.05) is 17.9 Å². The van der Waals surface area contributed by atoms with Gasteiger partial charge in [-0.1, -0.05) is 6.92 Å². The lowest BCUT2D eigenvalue weighted by Crippen LogP contribution is -2.22. The highest BCUT2D eigenvalue weighted by molar-refractivity contribution is 5.71. The number of rotatable bonds is 2. The van der Waals surface area contributed by atoms with Crippen molar-refractivity contribution in [2.24, 2.45) is 13.0 Å². The minimum Gasteiger partial charge on any atom is -0.481 e. The first-order chi connectivity index (χ1) is 7.11. The predicted molar refractivity (Wildman–Crippen MR) is 55.7 cm³/mol. The standard InChI is InChI=1S/C11H16N2O2/c1-7(11(14)15)8-4-3-5-10-9(8)6-12-13(10)2/h6-8H,3-5H2,1-2H3,(H,14,15). The fraction of sp³-hybridized carbons (Fsp3) is 0.636. The molecule has 0 spiro atoms. The zero-order chi connectivity index (χ0) is 11.0. The summed E-state index contributed by atoms with van der Waals surface area (Å²) in [5.74, 6) is -0.884. The molecule has 0 bridgehead atoms. The number of fused-ring (bicyclic) bond motifs is 1. The van der Waals surface area contributed by atoms with E-state index in [0.29, 0.717) is 0 Å². The molecular formula is C11H16N2O2. The molecule has 1 heterocycles. The summed E-state index contributed by atoms with van der Waals surface area (Å²) in [6.45, 7) is 1.79. The highest BCUT2D eigenvalue weighted by Gasteiger charge is 2.31. The zero-order valence-electron chi connectivity index (χ0n) is 9.10. The number of carbonyl (C=O) groups is 1. The number of nitrogens with zero attached hydrogens (tertiary/aromatic N) is 2. The largest absolute Gasteiger partial charge is 0.481 e. The number of aliphatic carboxylic acids is 1. The van der Waals surface area contributed by atoms with Gasteiger partial charge >= 0.3 is 5.97 Å². The van der Waals surface area contributed by atoms with Crippen molar-refractivity contribution in [1.29, 1.82) is 0 Å². The first kappa shape index (κ1) is 10.2. The van der Waals surface area contributed by atoms with E-state index in [2.05, 4.69) is 5.10 Å². The monoisotopic (exact) mass is 208 g/mol. The third-order valence-electron chi connectivity index (χ3n) is 3.42. The molecule has 15 heavy (non-hydrogen) atoms. The van der Waals surface area contributed by atoms with Crippen molar-refractivity contribution in [2.45, 2.75) is 32.1 Å². The smallest absolute Gasteiger partial charge is 0.306 e. The lowest BCUT2D eigenvalue weighted by Gasteiger charge is -2.25. The van der Waals surface area contributed by atoms with Gasteiger partial charge in [-0.15, -0.1) is 0 Å². The average molecular weight is 208 g/mol. The summed E-state index contributed by atoms with van der Waals surface area (Å²) in [6.07, 6.45) is 4.88. The average Bonchev–Trinajstić information content (AvgIpc) is 2.59. The first-order valence-corrected chi connectivity index (χ1v) is 5.35. The fourth-order valence-corrected chi connectivity index (χ4v) is 2.43. The van der Waals surface area contributed by atoms with Crippen LogP contribution in [0.3, 0.4) is 0 Å². The van der Waals surface area contributed by atoms with Crippen molar-refractivity contribution in [1.82, 2.24) is 9.78 Å². The van der Waals surface area contributed by atoms with Gasteiger partial charge in [-0.25, -0.2) is 0 Å². The lowest BCUT2D eigenvalue weighted by molar-refractivity contribution is -0.142. The van der Waals surface area contributed by atoms with Crippen LogP contribution >= 0.6 is 0 Å². The third-order valence-corrected chi connectivity index (χ3v) is 3.42. The van der Waals surface area contributed by atoms with Crippen LogP contribution in [0.5, 0.6) is 0 Å². The number of aromatic nitrogens is 2. The summed E-state index contributed by atoms with van der Waals surface area (Å²) in [6, 6.07) is 0. The minimum absolute atomic E-state index is 0.139. The molecule has 82 valence electrons. The van der Waals surface area contributed by atoms with Crippen LogP contribution in [0.25, 0.3) is 0 Å². The minimum atomic E-state index is -0.711. The molecule has 0 saturated carbocycles. The van der Waals surface area contributed by atoms with Crippen LogP contribution in [0.1, 0.15) is 36.9 Å². The van der Waals surface area contributed by atoms with Crippen LogP contribution in [0.2, 0.25) is 0 Å². The zero-order valence-corrected chi connectivity index (χ0v) is 9.10. The van der Waals surface area contributed by atoms with Crippen molar-refractivity contribution in [3.63, 3.8) is 0 Å². The Morgan fingerprint density at radius 2 is 2.47 bits per heavy atom. The second-order valence-electron chi connectivity index (χ2n) is 4.30. The van der Waals surface area contributed by atoms with Crippen molar-refractivity contribution in [3.05, 3.63) is 17.5 Å². The number of carboxylic acid groups (broad SMARTS) is 1. The maximum absolute atomic E-state index is 11.0. The molecule has 4 heteroatoms. The molecule has 1 aromatic rings. The summed E-state index contributed by atoms with van der Waals surface area (Å²) in [7, 11) is 1.92. The summed E-state index contributed by atoms with van der Waals surface area (Å²) < 4.78 is 1.87. The first-order valence-electron chi connectivity index (χ1n) is 5.35. The Balaban J connectivity index is 2.34. The Labute approximate surface area is 88.9 Å². The van der Waals surface area contributed by atoms with E-state index in [4.69, 9.17) is 5.11 Å². The lowest BCUT2D eigenvalue weighted by atomic mass is 9.79. The van der Waals surface area contributed by atoms with Crippen LogP contribution in [0.4, 0.5) is 0 Å². The van der Waals surface area contributed by atoms with Crippen LogP contribution in [-0.2, 0) is 18.3 Å². The molecule has 1 aliphatic carbocycles. The molecule has 1 aliphatic rings. The number of hydrogen-bond acceptors (Lipinski definition) is 2. The maximum Gasteiger partial charge on any atom is 0.306 e. The second kappa shape index (κ2) is 3.68. The molecule has 0 saturated heterocycles. The molecule has 2 rings (SSSR count). The van der Waals surface area contributed by atoms with Gasteiger partial charge in [0, 0.05) is 18.7 Å². The summed E-state index contributed by atoms with van der Waals surface area (Å²) in [5, 5.41) is 13.3. The van der Waals surface area contributed by atoms with Gasteiger partial charge < -0.3 is 5.11 Å². The molecule has 0 amide bonds. The van der Waals surface area contributed by atoms with Gasteiger partial charge in [-0.2, -0.15) is 5.10 Å². The molecule has 0 aromatic carbocycles. The molecule has 0 aliphatic heterocycles. The number of aryl methyl sites for hydroxylation is 1. The van der Waals surface area contributed by atoms with Gasteiger partial charge in [-0.3, -0.25) is 9.48 Å². The third kappa shape index (κ3) is 1.64. The highest BCUT2D eigenvalue weighted by Crippen LogP contribution is 2.36. The van der Waals surface area contributed by atoms with E-state index in [9.17, 15) is 4.79 Å². The van der Waals surface area contributed by atoms with Gasteiger partial charge in [0.25, 0.3) is 0 Å². The highest BCUT2D eigenvalue weighted by atomic mass is 16.4. The van der Waals surface area contributed by atoms with Gasteiger partial charge in [0.2, 0.25) is 0 Å². The Kier molecular flexibility index (Phi) is 2.50. The van der Waals surface area contributed by atoms with Crippen molar-refractivity contribution in [2.75, 3.05) is 0 Å². The predicted octanol–water partition coefficient (Wildman–Crippen LogP) is 1.56. The van der Waals surface area contributed by atoms with E-state index in [-0.39, 0.29) is 11.8 Å². The Morgan fingerprint density at radius 3 is 3.13 bits per heavy atom. The van der Waals surface area contributed by atoms with Crippen LogP contribution in [-0.4, -0.2) is 20.9 Å². The quantitative estimate of drug-likeness (QED) is 0.802. The fourth-order valence-electron chi connectivity index (χ4n) is 2.43. The summed E-state index contributed by atoms with van der Waals surface area (Å²) >= 11 is 0. The summed E-state index contributed by atoms with van der Waals surface area (Å²) in [4.78, 5) is 11.0. The van der Waals surface area contributed by atoms with Crippen molar-refractivity contribution >= 4 is 5.97 Å². The molecule has 2 unspecified atom stereocenters. The van der Waals surface area contributed by atoms with Gasteiger partial charge in [-0.05, 0) is 24.8 Å². The van der Waals surface area contributed by atoms with Crippen LogP contribution in [0, 0.1) is 5.92 Å². The molecular weight excluding hydrogens is 192 g/mol. The summed E-state index contributed by atoms with van der Waals surface area (Å²) in [5.41, 5.74) is 2.35. The molecule has 0 radical (unpaired) electrons. The van der Waals surface area contributed by atoms with E-state index < -0.39 is 5.97 Å². The Hall–Kier alpha value is -1.32. The molecule has 0 fully saturated rings. The van der Waals surface area contributed by atoms with E-state index in [1.54, 1.807) is 6.92 Å². The molecule has 1 aromatic heterocycles. The Bertz CT molecular complexity index is 384. The van der Waals surface area contributed by atoms with Gasteiger partial charge in [0.1, 0.15) is 0 Å². The normalized spacial score (nSPS) is 22.1. The van der Waals surface area contributed by atoms with Gasteiger partial charge in [0.15, 0.2) is 0 Å². The van der Waals surface area contributed by atoms with Crippen LogP contribution in [0.15, 0.2) is 6.20 Å². The van der Waals surface area contributed by atoms with E-state index in [1.165, 1.54) is 5.69 Å².